The molecule has 0 atom stereocenters. The van der Waals surface area contributed by atoms with Crippen LogP contribution in [0.15, 0.2) is 4.90 Å². The minimum atomic E-state index is -3.52. The topological polar surface area (TPSA) is 119 Å². The summed E-state index contributed by atoms with van der Waals surface area (Å²) >= 11 is 1.06. The van der Waals surface area contributed by atoms with Gasteiger partial charge >= 0.3 is 0 Å². The molecule has 1 fully saturated rings. The molecule has 2 rings (SSSR count). The van der Waals surface area contributed by atoms with E-state index in [1.54, 1.807) is 0 Å². The predicted octanol–water partition coefficient (Wildman–Crippen LogP) is -0.368. The van der Waals surface area contributed by atoms with E-state index in [-0.39, 0.29) is 15.5 Å². The number of carbonyl (C=O) groups is 1. The largest absolute Gasteiger partial charge is 0.396 e. The predicted molar refractivity (Wildman–Crippen MR) is 80.1 cm³/mol. The minimum absolute atomic E-state index is 0.0261. The first-order valence-electron chi connectivity index (χ1n) is 6.20. The maximum atomic E-state index is 12.0. The molecule has 0 saturated carbocycles. The number of amides is 1. The molecule has 0 spiro atoms. The van der Waals surface area contributed by atoms with Crippen molar-refractivity contribution in [2.45, 2.75) is 11.3 Å². The van der Waals surface area contributed by atoms with Crippen molar-refractivity contribution in [1.29, 1.82) is 0 Å². The lowest BCUT2D eigenvalue weighted by Crippen LogP contribution is -2.28. The van der Waals surface area contributed by atoms with Crippen molar-refractivity contribution < 1.29 is 13.2 Å². The van der Waals surface area contributed by atoms with Crippen molar-refractivity contribution >= 4 is 37.8 Å². The first-order valence-corrected chi connectivity index (χ1v) is 8.91. The molecule has 0 bridgehead atoms. The minimum Gasteiger partial charge on any atom is -0.396 e. The third-order valence-corrected chi connectivity index (χ3v) is 5.67. The molecule has 1 aliphatic heterocycles. The Morgan fingerprint density at radius 3 is 2.65 bits per heavy atom. The van der Waals surface area contributed by atoms with Crippen LogP contribution >= 0.6 is 11.3 Å². The van der Waals surface area contributed by atoms with E-state index in [1.165, 1.54) is 0 Å². The number of hydrogen-bond donors (Lipinski definition) is 3. The number of nitrogens with one attached hydrogen (secondary N) is 1. The highest BCUT2D eigenvalue weighted by Gasteiger charge is 2.29. The Morgan fingerprint density at radius 1 is 1.35 bits per heavy atom. The third kappa shape index (κ3) is 2.89. The SMILES string of the molecule is CS(=O)(=O)c1c(N2CCCNCC2)sc(C(N)=O)c1N. The van der Waals surface area contributed by atoms with Crippen LogP contribution in [0.5, 0.6) is 0 Å². The summed E-state index contributed by atoms with van der Waals surface area (Å²) in [5.41, 5.74) is 11.1. The Hall–Kier alpha value is -1.32. The molecule has 1 aromatic rings. The number of thiophene rings is 1. The van der Waals surface area contributed by atoms with Crippen molar-refractivity contribution in [3.8, 4) is 0 Å². The molecule has 1 aromatic heterocycles. The van der Waals surface area contributed by atoms with Gasteiger partial charge in [-0.15, -0.1) is 11.3 Å². The van der Waals surface area contributed by atoms with E-state index < -0.39 is 15.7 Å². The van der Waals surface area contributed by atoms with E-state index in [1.807, 2.05) is 4.90 Å². The average Bonchev–Trinajstić information content (AvgIpc) is 2.53. The molecule has 7 nitrogen and oxygen atoms in total. The van der Waals surface area contributed by atoms with E-state index in [0.717, 1.165) is 37.1 Å². The van der Waals surface area contributed by atoms with Gasteiger partial charge in [0.2, 0.25) is 0 Å². The maximum Gasteiger partial charge on any atom is 0.261 e. The van der Waals surface area contributed by atoms with Gasteiger partial charge in [-0.25, -0.2) is 8.42 Å². The zero-order valence-corrected chi connectivity index (χ0v) is 12.8. The van der Waals surface area contributed by atoms with E-state index >= 15 is 0 Å². The van der Waals surface area contributed by atoms with Gasteiger partial charge in [0.1, 0.15) is 14.8 Å². The zero-order chi connectivity index (χ0) is 14.9. The Bertz CT molecular complexity index is 616. The number of sulfone groups is 1. The number of nitrogens with zero attached hydrogens (tertiary/aromatic N) is 1. The highest BCUT2D eigenvalue weighted by Crippen LogP contribution is 2.41. The summed E-state index contributed by atoms with van der Waals surface area (Å²) in [4.78, 5) is 13.5. The van der Waals surface area contributed by atoms with E-state index in [0.29, 0.717) is 18.1 Å². The van der Waals surface area contributed by atoms with Crippen LogP contribution in [0, 0.1) is 0 Å². The van der Waals surface area contributed by atoms with E-state index in [4.69, 9.17) is 11.5 Å². The molecule has 0 aromatic carbocycles. The zero-order valence-electron chi connectivity index (χ0n) is 11.2. The molecule has 20 heavy (non-hydrogen) atoms. The van der Waals surface area contributed by atoms with Crippen LogP contribution in [-0.4, -0.2) is 46.8 Å². The van der Waals surface area contributed by atoms with Gasteiger partial charge in [-0.05, 0) is 13.0 Å². The second kappa shape index (κ2) is 5.58. The normalized spacial score (nSPS) is 16.9. The van der Waals surface area contributed by atoms with Gasteiger partial charge < -0.3 is 21.7 Å². The summed E-state index contributed by atoms with van der Waals surface area (Å²) in [7, 11) is -3.52. The third-order valence-electron chi connectivity index (χ3n) is 3.10. The lowest BCUT2D eigenvalue weighted by molar-refractivity contribution is 0.100. The van der Waals surface area contributed by atoms with Crippen molar-refractivity contribution in [2.75, 3.05) is 43.1 Å². The summed E-state index contributed by atoms with van der Waals surface area (Å²) < 4.78 is 23.9. The molecule has 1 aliphatic rings. The highest BCUT2D eigenvalue weighted by atomic mass is 32.2. The Labute approximate surface area is 121 Å². The molecular formula is C11H18N4O3S2. The van der Waals surface area contributed by atoms with Crippen LogP contribution in [0.25, 0.3) is 0 Å². The summed E-state index contributed by atoms with van der Waals surface area (Å²) in [6.07, 6.45) is 1.99. The number of anilines is 2. The lowest BCUT2D eigenvalue weighted by Gasteiger charge is -2.21. The summed E-state index contributed by atoms with van der Waals surface area (Å²) in [5.74, 6) is -0.698. The smallest absolute Gasteiger partial charge is 0.261 e. The van der Waals surface area contributed by atoms with Gasteiger partial charge in [0, 0.05) is 25.9 Å². The molecule has 1 saturated heterocycles. The second-order valence-electron chi connectivity index (χ2n) is 4.71. The van der Waals surface area contributed by atoms with Gasteiger partial charge in [-0.2, -0.15) is 0 Å². The van der Waals surface area contributed by atoms with Gasteiger partial charge in [-0.3, -0.25) is 4.79 Å². The Morgan fingerprint density at radius 2 is 2.05 bits per heavy atom. The fraction of sp³-hybridized carbons (Fsp3) is 0.545. The monoisotopic (exact) mass is 318 g/mol. The van der Waals surface area contributed by atoms with Crippen molar-refractivity contribution in [3.63, 3.8) is 0 Å². The first-order chi connectivity index (χ1) is 9.32. The van der Waals surface area contributed by atoms with Crippen molar-refractivity contribution in [2.24, 2.45) is 5.73 Å². The number of nitrogens with two attached hydrogens (primary N) is 2. The molecule has 2 heterocycles. The molecule has 112 valence electrons. The van der Waals surface area contributed by atoms with Gasteiger partial charge in [-0.1, -0.05) is 0 Å². The van der Waals surface area contributed by atoms with E-state index in [2.05, 4.69) is 5.32 Å². The summed E-state index contributed by atoms with van der Waals surface area (Å²) in [6.45, 7) is 3.02. The maximum absolute atomic E-state index is 12.0. The molecule has 0 radical (unpaired) electrons. The Kier molecular flexibility index (Phi) is 4.21. The van der Waals surface area contributed by atoms with Crippen LogP contribution in [0.1, 0.15) is 16.1 Å². The first kappa shape index (κ1) is 15.1. The van der Waals surface area contributed by atoms with Crippen LogP contribution in [0.2, 0.25) is 0 Å². The number of rotatable bonds is 3. The summed E-state index contributed by atoms with van der Waals surface area (Å²) in [5, 5.41) is 3.76. The van der Waals surface area contributed by atoms with Crippen LogP contribution in [-0.2, 0) is 9.84 Å². The number of nitrogen functional groups attached to an aromatic ring is 1. The molecule has 5 N–H and O–H groups in total. The van der Waals surface area contributed by atoms with Gasteiger partial charge in [0.15, 0.2) is 9.84 Å². The van der Waals surface area contributed by atoms with Crippen LogP contribution < -0.4 is 21.7 Å². The standard InChI is InChI=1S/C11H18N4O3S2/c1-20(17,18)9-7(12)8(10(13)16)19-11(9)15-5-2-3-14-4-6-15/h14H,2-6,12H2,1H3,(H2,13,16). The fourth-order valence-corrected chi connectivity index (χ4v) is 4.83. The molecule has 0 aliphatic carbocycles. The highest BCUT2D eigenvalue weighted by molar-refractivity contribution is 7.91. The number of hydrogen-bond acceptors (Lipinski definition) is 7. The number of carbonyl (C=O) groups excluding carboxylic acids is 1. The van der Waals surface area contributed by atoms with Crippen LogP contribution in [0.3, 0.4) is 0 Å². The van der Waals surface area contributed by atoms with E-state index in [9.17, 15) is 13.2 Å². The van der Waals surface area contributed by atoms with Crippen molar-refractivity contribution in [3.05, 3.63) is 4.88 Å². The lowest BCUT2D eigenvalue weighted by atomic mass is 10.3. The molecule has 9 heteroatoms. The molecule has 0 unspecified atom stereocenters. The second-order valence-corrected chi connectivity index (χ2v) is 7.66. The molecule has 1 amide bonds. The number of primary amides is 1. The quantitative estimate of drug-likeness (QED) is 0.700. The van der Waals surface area contributed by atoms with Gasteiger partial charge in [0.05, 0.1) is 5.69 Å². The Balaban J connectivity index is 2.56. The van der Waals surface area contributed by atoms with Crippen LogP contribution in [0.4, 0.5) is 10.7 Å². The van der Waals surface area contributed by atoms with Crippen molar-refractivity contribution in [1.82, 2.24) is 5.32 Å². The fourth-order valence-electron chi connectivity index (χ4n) is 2.21. The van der Waals surface area contributed by atoms with Gasteiger partial charge in [0.25, 0.3) is 5.91 Å². The average molecular weight is 318 g/mol. The summed E-state index contributed by atoms with van der Waals surface area (Å²) in [6, 6.07) is 0. The molecular weight excluding hydrogens is 300 g/mol.